The van der Waals surface area contributed by atoms with Gasteiger partial charge in [0.25, 0.3) is 11.1 Å². The quantitative estimate of drug-likeness (QED) is 0.293. The van der Waals surface area contributed by atoms with Gasteiger partial charge in [0.15, 0.2) is 0 Å². The summed E-state index contributed by atoms with van der Waals surface area (Å²) in [6, 6.07) is 3.57. The van der Waals surface area contributed by atoms with Gasteiger partial charge in [-0.2, -0.15) is 10.2 Å². The van der Waals surface area contributed by atoms with Crippen LogP contribution in [0.25, 0.3) is 21.8 Å². The van der Waals surface area contributed by atoms with E-state index >= 15 is 0 Å². The van der Waals surface area contributed by atoms with E-state index in [9.17, 15) is 19.2 Å². The molecule has 0 bridgehead atoms. The molecule has 0 spiro atoms. The maximum absolute atomic E-state index is 12.1. The van der Waals surface area contributed by atoms with Gasteiger partial charge in [0.1, 0.15) is 22.2 Å². The van der Waals surface area contributed by atoms with Crippen molar-refractivity contribution in [3.63, 3.8) is 0 Å². The summed E-state index contributed by atoms with van der Waals surface area (Å²) in [4.78, 5) is 58.1. The highest BCUT2D eigenvalue weighted by atomic mass is 79.9. The van der Waals surface area contributed by atoms with Gasteiger partial charge in [-0.05, 0) is 69.6 Å². The number of fused-ring (bicyclic) bond motifs is 2. The standard InChI is InChI=1S/C17H22N4O4.C13H14BrN3O3/c1-17(2,3)25-14(22)9-13-12-8-11(21-4-6-24-7-5-21)10-18-15(12)16(23)20-19-13;1-13(2,3)20-10(18)5-9-8-4-7(14)6-15-11(8)12(19)17-16-9/h8,10H,4-7,9H2,1-3H3,(H,20,23);4,6H,5H2,1-3H3,(H,17,19). The highest BCUT2D eigenvalue weighted by Crippen LogP contribution is 2.22. The van der Waals surface area contributed by atoms with Crippen LogP contribution in [0.15, 0.2) is 38.6 Å². The molecule has 5 heterocycles. The van der Waals surface area contributed by atoms with Gasteiger partial charge >= 0.3 is 11.9 Å². The fraction of sp³-hybridized carbons (Fsp3) is 0.467. The van der Waals surface area contributed by atoms with E-state index in [4.69, 9.17) is 14.2 Å². The van der Waals surface area contributed by atoms with Gasteiger partial charge in [0.05, 0.1) is 49.3 Å². The molecule has 0 aliphatic carbocycles. The number of carbonyl (C=O) groups excluding carboxylic acids is 2. The first kappa shape index (κ1) is 33.6. The van der Waals surface area contributed by atoms with Crippen LogP contribution in [0.2, 0.25) is 0 Å². The number of hydrogen-bond donors (Lipinski definition) is 2. The van der Waals surface area contributed by atoms with Crippen molar-refractivity contribution in [1.29, 1.82) is 0 Å². The molecular weight excluding hydrogens is 650 g/mol. The number of carbonyl (C=O) groups is 2. The fourth-order valence-electron chi connectivity index (χ4n) is 4.45. The third-order valence-corrected chi connectivity index (χ3v) is 6.64. The Morgan fingerprint density at radius 1 is 0.822 bits per heavy atom. The molecule has 15 heteroatoms. The van der Waals surface area contributed by atoms with Crippen LogP contribution in [0, 0.1) is 0 Å². The molecular formula is C30H36BrN7O7. The largest absolute Gasteiger partial charge is 0.460 e. The minimum absolute atomic E-state index is 0.0251. The molecule has 0 unspecified atom stereocenters. The Labute approximate surface area is 267 Å². The molecule has 1 saturated heterocycles. The van der Waals surface area contributed by atoms with Gasteiger partial charge in [-0.1, -0.05) is 0 Å². The normalized spacial score (nSPS) is 13.7. The third kappa shape index (κ3) is 9.38. The summed E-state index contributed by atoms with van der Waals surface area (Å²) in [6.45, 7) is 13.6. The molecule has 0 aromatic carbocycles. The Kier molecular flexibility index (Phi) is 10.3. The second-order valence-corrected chi connectivity index (χ2v) is 13.2. The average molecular weight is 687 g/mol. The maximum Gasteiger partial charge on any atom is 0.312 e. The summed E-state index contributed by atoms with van der Waals surface area (Å²) >= 11 is 3.29. The van der Waals surface area contributed by atoms with Crippen molar-refractivity contribution < 1.29 is 23.8 Å². The van der Waals surface area contributed by atoms with Gasteiger partial charge in [-0.3, -0.25) is 19.2 Å². The zero-order valence-corrected chi connectivity index (χ0v) is 27.6. The number of H-pyrrole nitrogens is 2. The molecule has 0 saturated carbocycles. The summed E-state index contributed by atoms with van der Waals surface area (Å²) in [5, 5.41) is 13.8. The summed E-state index contributed by atoms with van der Waals surface area (Å²) in [5.41, 5.74) is 0.382. The highest BCUT2D eigenvalue weighted by molar-refractivity contribution is 9.10. The van der Waals surface area contributed by atoms with Crippen LogP contribution >= 0.6 is 15.9 Å². The number of halogens is 1. The number of rotatable bonds is 5. The van der Waals surface area contributed by atoms with Gasteiger partial charge in [-0.25, -0.2) is 20.2 Å². The highest BCUT2D eigenvalue weighted by Gasteiger charge is 2.21. The van der Waals surface area contributed by atoms with Crippen molar-refractivity contribution in [1.82, 2.24) is 30.4 Å². The zero-order chi connectivity index (χ0) is 32.9. The predicted octanol–water partition coefficient (Wildman–Crippen LogP) is 3.00. The van der Waals surface area contributed by atoms with Crippen LogP contribution in [0.1, 0.15) is 52.9 Å². The number of hydrogen-bond acceptors (Lipinski definition) is 12. The number of pyridine rings is 2. The molecule has 4 aromatic rings. The van der Waals surface area contributed by atoms with Crippen molar-refractivity contribution in [2.75, 3.05) is 31.2 Å². The van der Waals surface area contributed by atoms with Gasteiger partial charge in [-0.15, -0.1) is 0 Å². The van der Waals surface area contributed by atoms with Gasteiger partial charge < -0.3 is 19.1 Å². The molecule has 1 aliphatic heterocycles. The lowest BCUT2D eigenvalue weighted by Crippen LogP contribution is -2.36. The van der Waals surface area contributed by atoms with E-state index in [2.05, 4.69) is 51.2 Å². The van der Waals surface area contributed by atoms with Gasteiger partial charge in [0.2, 0.25) is 0 Å². The Hall–Kier alpha value is -4.24. The maximum atomic E-state index is 12.1. The minimum Gasteiger partial charge on any atom is -0.460 e. The Balaban J connectivity index is 0.000000210. The van der Waals surface area contributed by atoms with E-state index in [1.165, 1.54) is 6.20 Å². The topological polar surface area (TPSA) is 182 Å². The smallest absolute Gasteiger partial charge is 0.312 e. The summed E-state index contributed by atoms with van der Waals surface area (Å²) in [6.07, 6.45) is 3.14. The van der Waals surface area contributed by atoms with Crippen LogP contribution in [0.5, 0.6) is 0 Å². The lowest BCUT2D eigenvalue weighted by molar-refractivity contribution is -0.155. The fourth-order valence-corrected chi connectivity index (χ4v) is 4.78. The number of nitrogens with zero attached hydrogens (tertiary/aromatic N) is 5. The molecule has 1 aliphatic rings. The number of aromatic nitrogens is 6. The van der Waals surface area contributed by atoms with Crippen molar-refractivity contribution in [3.8, 4) is 0 Å². The number of ether oxygens (including phenoxy) is 3. The van der Waals surface area contributed by atoms with Crippen LogP contribution in [0.4, 0.5) is 5.69 Å². The average Bonchev–Trinajstić information content (AvgIpc) is 2.95. The monoisotopic (exact) mass is 685 g/mol. The Bertz CT molecular complexity index is 1820. The molecule has 240 valence electrons. The second-order valence-electron chi connectivity index (χ2n) is 12.3. The lowest BCUT2D eigenvalue weighted by atomic mass is 10.1. The molecule has 2 N–H and O–H groups in total. The van der Waals surface area contributed by atoms with E-state index in [1.807, 2.05) is 6.07 Å². The van der Waals surface area contributed by atoms with Crippen molar-refractivity contribution in [2.24, 2.45) is 0 Å². The van der Waals surface area contributed by atoms with Crippen LogP contribution in [-0.2, 0) is 36.6 Å². The number of esters is 2. The van der Waals surface area contributed by atoms with E-state index < -0.39 is 23.1 Å². The number of morpholine rings is 1. The Morgan fingerprint density at radius 2 is 1.29 bits per heavy atom. The number of anilines is 1. The van der Waals surface area contributed by atoms with E-state index in [0.29, 0.717) is 39.8 Å². The zero-order valence-electron chi connectivity index (χ0n) is 26.0. The molecule has 1 fully saturated rings. The van der Waals surface area contributed by atoms with Crippen LogP contribution in [-0.4, -0.2) is 79.8 Å². The van der Waals surface area contributed by atoms with E-state index in [-0.39, 0.29) is 35.0 Å². The molecule has 4 aromatic heterocycles. The lowest BCUT2D eigenvalue weighted by Gasteiger charge is -2.28. The number of aromatic amines is 2. The minimum atomic E-state index is -0.577. The first-order valence-electron chi connectivity index (χ1n) is 14.3. The third-order valence-electron chi connectivity index (χ3n) is 6.20. The van der Waals surface area contributed by atoms with Gasteiger partial charge in [0, 0.05) is 34.5 Å². The summed E-state index contributed by atoms with van der Waals surface area (Å²) < 4.78 is 16.7. The van der Waals surface area contributed by atoms with Crippen LogP contribution in [0.3, 0.4) is 0 Å². The summed E-state index contributed by atoms with van der Waals surface area (Å²) in [5.74, 6) is -0.802. The first-order valence-corrected chi connectivity index (χ1v) is 15.1. The van der Waals surface area contributed by atoms with E-state index in [1.54, 1.807) is 53.8 Å². The molecule has 0 radical (unpaired) electrons. The first-order chi connectivity index (χ1) is 21.1. The van der Waals surface area contributed by atoms with E-state index in [0.717, 1.165) is 18.8 Å². The number of nitrogens with one attached hydrogen (secondary N) is 2. The van der Waals surface area contributed by atoms with Crippen molar-refractivity contribution >= 4 is 55.4 Å². The summed E-state index contributed by atoms with van der Waals surface area (Å²) in [7, 11) is 0. The van der Waals surface area contributed by atoms with Crippen molar-refractivity contribution in [3.05, 3.63) is 61.1 Å². The predicted molar refractivity (Wildman–Crippen MR) is 170 cm³/mol. The second kappa shape index (κ2) is 13.8. The van der Waals surface area contributed by atoms with Crippen molar-refractivity contribution in [2.45, 2.75) is 65.6 Å². The van der Waals surface area contributed by atoms with Crippen LogP contribution < -0.4 is 16.0 Å². The SMILES string of the molecule is CC(C)(C)OC(=O)Cc1n[nH]c(=O)c2ncc(Br)cc12.CC(C)(C)OC(=O)Cc1n[nH]c(=O)c2ncc(N3CCOCC3)cc12. The molecule has 0 atom stereocenters. The molecule has 14 nitrogen and oxygen atoms in total. The molecule has 45 heavy (non-hydrogen) atoms. The molecule has 5 rings (SSSR count). The Morgan fingerprint density at radius 3 is 1.78 bits per heavy atom. The molecule has 0 amide bonds.